The van der Waals surface area contributed by atoms with Gasteiger partial charge in [-0.25, -0.2) is 4.98 Å². The third kappa shape index (κ3) is 2.21. The van der Waals surface area contributed by atoms with Gasteiger partial charge in [-0.3, -0.25) is 4.79 Å². The summed E-state index contributed by atoms with van der Waals surface area (Å²) in [6.45, 7) is 6.74. The van der Waals surface area contributed by atoms with Gasteiger partial charge >= 0.3 is 0 Å². The fourth-order valence-electron chi connectivity index (χ4n) is 2.41. The molecular formula is C13H20N2O2S. The van der Waals surface area contributed by atoms with Crippen molar-refractivity contribution in [3.8, 4) is 0 Å². The third-order valence-electron chi connectivity index (χ3n) is 3.58. The maximum absolute atomic E-state index is 12.1. The summed E-state index contributed by atoms with van der Waals surface area (Å²) in [5, 5.41) is 0. The van der Waals surface area contributed by atoms with Crippen LogP contribution in [0.4, 0.5) is 0 Å². The predicted molar refractivity (Wildman–Crippen MR) is 73.7 cm³/mol. The Balaban J connectivity index is 2.49. The van der Waals surface area contributed by atoms with Crippen LogP contribution in [0.5, 0.6) is 0 Å². The molecule has 0 fully saturated rings. The van der Waals surface area contributed by atoms with E-state index in [1.807, 2.05) is 6.92 Å². The van der Waals surface area contributed by atoms with Crippen molar-refractivity contribution in [2.75, 3.05) is 6.61 Å². The first-order valence-corrected chi connectivity index (χ1v) is 7.66. The van der Waals surface area contributed by atoms with Crippen LogP contribution < -0.4 is 5.56 Å². The highest BCUT2D eigenvalue weighted by Gasteiger charge is 2.33. The third-order valence-corrected chi connectivity index (χ3v) is 4.55. The van der Waals surface area contributed by atoms with Crippen molar-refractivity contribution >= 4 is 11.8 Å². The Hall–Kier alpha value is -0.810. The number of rotatable bonds is 5. The number of hydrogen-bond donors (Lipinski definition) is 1. The van der Waals surface area contributed by atoms with Crippen molar-refractivity contribution in [1.29, 1.82) is 0 Å². The summed E-state index contributed by atoms with van der Waals surface area (Å²) in [5.41, 5.74) is 1.33. The van der Waals surface area contributed by atoms with Gasteiger partial charge in [-0.05, 0) is 19.8 Å². The van der Waals surface area contributed by atoms with E-state index in [-0.39, 0.29) is 5.56 Å². The van der Waals surface area contributed by atoms with Crippen molar-refractivity contribution < 1.29 is 4.74 Å². The normalized spacial score (nSPS) is 14.8. The quantitative estimate of drug-likeness (QED) is 0.891. The zero-order valence-electron chi connectivity index (χ0n) is 11.2. The summed E-state index contributed by atoms with van der Waals surface area (Å²) in [6, 6.07) is 0. The topological polar surface area (TPSA) is 55.0 Å². The molecule has 0 saturated heterocycles. The lowest BCUT2D eigenvalue weighted by Gasteiger charge is -2.30. The van der Waals surface area contributed by atoms with Gasteiger partial charge in [0.2, 0.25) is 0 Å². The largest absolute Gasteiger partial charge is 0.367 e. The smallest absolute Gasteiger partial charge is 0.255 e. The summed E-state index contributed by atoms with van der Waals surface area (Å²) >= 11 is 1.74. The van der Waals surface area contributed by atoms with Gasteiger partial charge in [0.25, 0.3) is 5.56 Å². The number of H-pyrrole nitrogens is 1. The van der Waals surface area contributed by atoms with Crippen LogP contribution in [-0.4, -0.2) is 16.6 Å². The first kappa shape index (κ1) is 13.6. The average molecular weight is 268 g/mol. The lowest BCUT2D eigenvalue weighted by atomic mass is 9.95. The summed E-state index contributed by atoms with van der Waals surface area (Å²) in [7, 11) is 0. The summed E-state index contributed by atoms with van der Waals surface area (Å²) in [5.74, 6) is 2.31. The second-order valence-corrected chi connectivity index (χ2v) is 5.45. The number of ether oxygens (including phenoxy) is 1. The van der Waals surface area contributed by atoms with E-state index in [0.29, 0.717) is 12.4 Å². The maximum atomic E-state index is 12.1. The predicted octanol–water partition coefficient (Wildman–Crippen LogP) is 2.57. The van der Waals surface area contributed by atoms with Crippen LogP contribution in [0.15, 0.2) is 4.79 Å². The number of fused-ring (bicyclic) bond motifs is 1. The highest BCUT2D eigenvalue weighted by molar-refractivity contribution is 7.98. The first-order valence-electron chi connectivity index (χ1n) is 6.51. The van der Waals surface area contributed by atoms with Gasteiger partial charge in [0, 0.05) is 23.7 Å². The van der Waals surface area contributed by atoms with E-state index < -0.39 is 5.60 Å². The van der Waals surface area contributed by atoms with Crippen LogP contribution in [0.2, 0.25) is 0 Å². The minimum absolute atomic E-state index is 0.00554. The molecule has 0 unspecified atom stereocenters. The lowest BCUT2D eigenvalue weighted by Crippen LogP contribution is -2.34. The van der Waals surface area contributed by atoms with Crippen LogP contribution in [0.25, 0.3) is 0 Å². The van der Waals surface area contributed by atoms with Gasteiger partial charge in [0.15, 0.2) is 0 Å². The standard InChI is InChI=1S/C13H20N2O2S/c1-4-13(5-2,17-6-3)12-14-10-8-18-7-9(10)11(16)15-12/h4-8H2,1-3H3,(H,14,15,16). The molecule has 0 spiro atoms. The molecule has 4 nitrogen and oxygen atoms in total. The number of aromatic nitrogens is 2. The number of aromatic amines is 1. The summed E-state index contributed by atoms with van der Waals surface area (Å²) < 4.78 is 5.89. The first-order chi connectivity index (χ1) is 8.66. The molecule has 0 aliphatic carbocycles. The van der Waals surface area contributed by atoms with Crippen molar-refractivity contribution in [2.24, 2.45) is 0 Å². The molecule has 1 N–H and O–H groups in total. The second-order valence-electron chi connectivity index (χ2n) is 4.47. The number of thioether (sulfide) groups is 1. The molecule has 18 heavy (non-hydrogen) atoms. The molecule has 0 bridgehead atoms. The molecule has 0 aromatic carbocycles. The van der Waals surface area contributed by atoms with E-state index in [2.05, 4.69) is 23.8 Å². The Morgan fingerprint density at radius 1 is 1.33 bits per heavy atom. The molecule has 1 aliphatic rings. The van der Waals surface area contributed by atoms with Crippen molar-refractivity contribution in [2.45, 2.75) is 50.7 Å². The molecule has 2 rings (SSSR count). The van der Waals surface area contributed by atoms with Gasteiger partial charge in [-0.1, -0.05) is 13.8 Å². The molecule has 0 saturated carbocycles. The van der Waals surface area contributed by atoms with E-state index in [4.69, 9.17) is 4.74 Å². The molecule has 100 valence electrons. The lowest BCUT2D eigenvalue weighted by molar-refractivity contribution is -0.0574. The van der Waals surface area contributed by atoms with Gasteiger partial charge in [0.1, 0.15) is 11.4 Å². The molecule has 0 radical (unpaired) electrons. The summed E-state index contributed by atoms with van der Waals surface area (Å²) in [6.07, 6.45) is 1.62. The Bertz CT molecular complexity index is 480. The maximum Gasteiger partial charge on any atom is 0.255 e. The summed E-state index contributed by atoms with van der Waals surface area (Å²) in [4.78, 5) is 19.6. The minimum Gasteiger partial charge on any atom is -0.367 e. The van der Waals surface area contributed by atoms with E-state index in [9.17, 15) is 4.79 Å². The van der Waals surface area contributed by atoms with Crippen LogP contribution in [0.1, 0.15) is 50.7 Å². The molecule has 1 aliphatic heterocycles. The minimum atomic E-state index is -0.448. The average Bonchev–Trinajstić information content (AvgIpc) is 2.85. The molecule has 0 amide bonds. The van der Waals surface area contributed by atoms with E-state index in [1.54, 1.807) is 11.8 Å². The van der Waals surface area contributed by atoms with Crippen LogP contribution >= 0.6 is 11.8 Å². The number of nitrogens with zero attached hydrogens (tertiary/aromatic N) is 1. The van der Waals surface area contributed by atoms with Gasteiger partial charge in [-0.15, -0.1) is 0 Å². The SMILES string of the molecule is CCOC(CC)(CC)c1nc2c(c(=O)[nH]1)CSC2. The molecule has 1 aromatic rings. The highest BCUT2D eigenvalue weighted by atomic mass is 32.2. The van der Waals surface area contributed by atoms with Crippen LogP contribution in [0.3, 0.4) is 0 Å². The van der Waals surface area contributed by atoms with Crippen molar-refractivity contribution in [3.63, 3.8) is 0 Å². The van der Waals surface area contributed by atoms with Crippen molar-refractivity contribution in [3.05, 3.63) is 27.4 Å². The Labute approximate surface area is 112 Å². The monoisotopic (exact) mass is 268 g/mol. The van der Waals surface area contributed by atoms with E-state index in [0.717, 1.165) is 35.6 Å². The van der Waals surface area contributed by atoms with Gasteiger partial charge < -0.3 is 9.72 Å². The van der Waals surface area contributed by atoms with Gasteiger partial charge in [0.05, 0.1) is 5.69 Å². The fraction of sp³-hybridized carbons (Fsp3) is 0.692. The fourth-order valence-corrected chi connectivity index (χ4v) is 3.45. The Kier molecular flexibility index (Phi) is 4.12. The van der Waals surface area contributed by atoms with Crippen LogP contribution in [0, 0.1) is 0 Å². The second kappa shape index (κ2) is 5.45. The van der Waals surface area contributed by atoms with Crippen molar-refractivity contribution in [1.82, 2.24) is 9.97 Å². The zero-order chi connectivity index (χ0) is 13.2. The number of hydrogen-bond acceptors (Lipinski definition) is 4. The highest BCUT2D eigenvalue weighted by Crippen LogP contribution is 2.32. The molecule has 1 aromatic heterocycles. The van der Waals surface area contributed by atoms with Gasteiger partial charge in [-0.2, -0.15) is 11.8 Å². The molecule has 2 heterocycles. The molecule has 5 heteroatoms. The molecule has 0 atom stereocenters. The van der Waals surface area contributed by atoms with Crippen LogP contribution in [-0.2, 0) is 21.8 Å². The van der Waals surface area contributed by atoms with E-state index in [1.165, 1.54) is 0 Å². The zero-order valence-corrected chi connectivity index (χ0v) is 12.0. The Morgan fingerprint density at radius 3 is 2.67 bits per heavy atom. The van der Waals surface area contributed by atoms with E-state index >= 15 is 0 Å². The Morgan fingerprint density at radius 2 is 2.06 bits per heavy atom. The number of nitrogens with one attached hydrogen (secondary N) is 1. The molecular weight excluding hydrogens is 248 g/mol.